The Bertz CT molecular complexity index is 974. The Kier molecular flexibility index (Phi) is 4.12. The van der Waals surface area contributed by atoms with Gasteiger partial charge in [0.1, 0.15) is 12.6 Å². The van der Waals surface area contributed by atoms with Crippen LogP contribution in [0.4, 0.5) is 0 Å². The minimum absolute atomic E-state index is 0.0435. The number of aryl methyl sites for hydroxylation is 1. The molecule has 1 amide bonds. The number of nitrogens with zero attached hydrogens (tertiary/aromatic N) is 4. The van der Waals surface area contributed by atoms with E-state index in [1.165, 1.54) is 15.5 Å². The molecule has 25 heavy (non-hydrogen) atoms. The molecule has 1 atom stereocenters. The van der Waals surface area contributed by atoms with Gasteiger partial charge in [-0.2, -0.15) is 4.98 Å². The summed E-state index contributed by atoms with van der Waals surface area (Å²) in [6.45, 7) is 2.45. The number of piperidine rings is 1. The third-order valence-electron chi connectivity index (χ3n) is 4.48. The van der Waals surface area contributed by atoms with Gasteiger partial charge in [0, 0.05) is 6.54 Å². The van der Waals surface area contributed by atoms with Gasteiger partial charge in [-0.25, -0.2) is 0 Å². The number of hydrogen-bond acceptors (Lipinski definition) is 6. The maximum atomic E-state index is 12.9. The van der Waals surface area contributed by atoms with E-state index in [0.717, 1.165) is 24.0 Å². The van der Waals surface area contributed by atoms with Crippen LogP contribution < -0.4 is 5.56 Å². The standard InChI is InChI=1S/C17H18N4O3S/c1-11-18-16(24-19-11)13-7-4-5-9-20(13)15(22)10-21-17(23)12-6-2-3-8-14(12)25-21/h2-3,6,8,13H,4-5,7,9-10H2,1H3/t13-/m0/s1. The molecule has 7 nitrogen and oxygen atoms in total. The van der Waals surface area contributed by atoms with Crippen molar-refractivity contribution >= 4 is 27.5 Å². The molecule has 2 aromatic heterocycles. The second-order valence-electron chi connectivity index (χ2n) is 6.21. The minimum Gasteiger partial charge on any atom is -0.337 e. The summed E-state index contributed by atoms with van der Waals surface area (Å²) in [4.78, 5) is 31.4. The number of fused-ring (bicyclic) bond motifs is 1. The summed E-state index contributed by atoms with van der Waals surface area (Å²) in [6.07, 6.45) is 2.75. The molecule has 0 N–H and O–H groups in total. The van der Waals surface area contributed by atoms with Crippen molar-refractivity contribution in [1.82, 2.24) is 19.0 Å². The first-order valence-corrected chi connectivity index (χ1v) is 9.09. The summed E-state index contributed by atoms with van der Waals surface area (Å²) in [5, 5.41) is 4.49. The van der Waals surface area contributed by atoms with E-state index in [1.807, 2.05) is 18.2 Å². The van der Waals surface area contributed by atoms with Gasteiger partial charge < -0.3 is 9.42 Å². The highest BCUT2D eigenvalue weighted by Gasteiger charge is 2.32. The lowest BCUT2D eigenvalue weighted by atomic mass is 10.0. The molecular formula is C17H18N4O3S. The van der Waals surface area contributed by atoms with Crippen LogP contribution in [0.3, 0.4) is 0 Å². The lowest BCUT2D eigenvalue weighted by Gasteiger charge is -2.33. The molecule has 1 fully saturated rings. The van der Waals surface area contributed by atoms with Crippen molar-refractivity contribution in [2.45, 2.75) is 38.8 Å². The van der Waals surface area contributed by atoms with Crippen molar-refractivity contribution in [3.63, 3.8) is 0 Å². The molecule has 0 unspecified atom stereocenters. The van der Waals surface area contributed by atoms with Crippen LogP contribution in [0.25, 0.3) is 10.1 Å². The molecule has 1 saturated heterocycles. The largest absolute Gasteiger partial charge is 0.337 e. The second-order valence-corrected chi connectivity index (χ2v) is 7.27. The zero-order chi connectivity index (χ0) is 17.4. The zero-order valence-electron chi connectivity index (χ0n) is 13.8. The van der Waals surface area contributed by atoms with Gasteiger partial charge in [0.2, 0.25) is 11.8 Å². The van der Waals surface area contributed by atoms with Crippen LogP contribution in [0.2, 0.25) is 0 Å². The van der Waals surface area contributed by atoms with Gasteiger partial charge in [-0.1, -0.05) is 28.8 Å². The Hall–Kier alpha value is -2.48. The molecule has 3 heterocycles. The first-order valence-electron chi connectivity index (χ1n) is 8.32. The van der Waals surface area contributed by atoms with Crippen LogP contribution in [0.1, 0.15) is 37.0 Å². The first kappa shape index (κ1) is 16.0. The number of carbonyl (C=O) groups excluding carboxylic acids is 1. The Morgan fingerprint density at radius 3 is 2.96 bits per heavy atom. The van der Waals surface area contributed by atoms with Crippen LogP contribution in [0.15, 0.2) is 33.6 Å². The van der Waals surface area contributed by atoms with E-state index in [2.05, 4.69) is 10.1 Å². The smallest absolute Gasteiger partial charge is 0.268 e. The number of amides is 1. The minimum atomic E-state index is -0.201. The molecule has 130 valence electrons. The van der Waals surface area contributed by atoms with Gasteiger partial charge in [-0.3, -0.25) is 13.5 Å². The quantitative estimate of drug-likeness (QED) is 0.718. The maximum Gasteiger partial charge on any atom is 0.268 e. The van der Waals surface area contributed by atoms with Crippen molar-refractivity contribution in [2.24, 2.45) is 0 Å². The maximum absolute atomic E-state index is 12.9. The Morgan fingerprint density at radius 2 is 2.20 bits per heavy atom. The Labute approximate surface area is 148 Å². The highest BCUT2D eigenvalue weighted by molar-refractivity contribution is 7.13. The lowest BCUT2D eigenvalue weighted by Crippen LogP contribution is -2.41. The van der Waals surface area contributed by atoms with Crippen LogP contribution in [-0.4, -0.2) is 31.4 Å². The molecule has 1 aromatic carbocycles. The molecule has 0 spiro atoms. The number of hydrogen-bond donors (Lipinski definition) is 0. The molecule has 4 rings (SSSR count). The second kappa shape index (κ2) is 6.44. The van der Waals surface area contributed by atoms with Gasteiger partial charge in [-0.05, 0) is 38.3 Å². The SMILES string of the molecule is Cc1noc([C@@H]2CCCCN2C(=O)Cn2sc3ccccc3c2=O)n1. The van der Waals surface area contributed by atoms with Crippen LogP contribution >= 0.6 is 11.5 Å². The van der Waals surface area contributed by atoms with Crippen molar-refractivity contribution in [3.05, 3.63) is 46.3 Å². The normalized spacial score (nSPS) is 18.0. The number of carbonyl (C=O) groups is 1. The molecule has 3 aromatic rings. The molecule has 0 aliphatic carbocycles. The molecule has 1 aliphatic rings. The van der Waals surface area contributed by atoms with Gasteiger partial charge in [0.25, 0.3) is 5.56 Å². The third-order valence-corrected chi connectivity index (χ3v) is 5.55. The highest BCUT2D eigenvalue weighted by Crippen LogP contribution is 2.30. The van der Waals surface area contributed by atoms with E-state index >= 15 is 0 Å². The number of benzene rings is 1. The van der Waals surface area contributed by atoms with E-state index in [-0.39, 0.29) is 24.1 Å². The summed E-state index contributed by atoms with van der Waals surface area (Å²) in [6, 6.07) is 7.21. The average Bonchev–Trinajstić information content (AvgIpc) is 3.19. The molecule has 8 heteroatoms. The number of likely N-dealkylation sites (tertiary alicyclic amines) is 1. The zero-order valence-corrected chi connectivity index (χ0v) is 14.7. The van der Waals surface area contributed by atoms with Crippen molar-refractivity contribution < 1.29 is 9.32 Å². The topological polar surface area (TPSA) is 81.2 Å². The van der Waals surface area contributed by atoms with E-state index in [9.17, 15) is 9.59 Å². The van der Waals surface area contributed by atoms with Crippen molar-refractivity contribution in [2.75, 3.05) is 6.54 Å². The van der Waals surface area contributed by atoms with Crippen LogP contribution in [0.5, 0.6) is 0 Å². The van der Waals surface area contributed by atoms with Gasteiger partial charge >= 0.3 is 0 Å². The van der Waals surface area contributed by atoms with Crippen molar-refractivity contribution in [1.29, 1.82) is 0 Å². The number of aromatic nitrogens is 3. The predicted molar refractivity (Wildman–Crippen MR) is 93.4 cm³/mol. The summed E-state index contributed by atoms with van der Waals surface area (Å²) >= 11 is 1.32. The van der Waals surface area contributed by atoms with E-state index in [0.29, 0.717) is 23.6 Å². The molecule has 0 bridgehead atoms. The van der Waals surface area contributed by atoms with Crippen LogP contribution in [0, 0.1) is 6.92 Å². The summed E-state index contributed by atoms with van der Waals surface area (Å²) in [5.41, 5.74) is -0.115. The monoisotopic (exact) mass is 358 g/mol. The summed E-state index contributed by atoms with van der Waals surface area (Å²) in [5.74, 6) is 0.956. The first-order chi connectivity index (χ1) is 12.1. The Balaban J connectivity index is 1.60. The van der Waals surface area contributed by atoms with Gasteiger partial charge in [-0.15, -0.1) is 0 Å². The van der Waals surface area contributed by atoms with E-state index in [1.54, 1.807) is 17.9 Å². The molecular weight excluding hydrogens is 340 g/mol. The van der Waals surface area contributed by atoms with Crippen molar-refractivity contribution in [3.8, 4) is 0 Å². The van der Waals surface area contributed by atoms with Gasteiger partial charge in [0.05, 0.1) is 10.1 Å². The third kappa shape index (κ3) is 2.97. The number of rotatable bonds is 3. The van der Waals surface area contributed by atoms with Gasteiger partial charge in [0.15, 0.2) is 5.82 Å². The van der Waals surface area contributed by atoms with E-state index < -0.39 is 0 Å². The molecule has 0 saturated carbocycles. The molecule has 1 aliphatic heterocycles. The van der Waals surface area contributed by atoms with Crippen LogP contribution in [-0.2, 0) is 11.3 Å². The lowest BCUT2D eigenvalue weighted by molar-refractivity contribution is -0.136. The fourth-order valence-corrected chi connectivity index (χ4v) is 4.26. The summed E-state index contributed by atoms with van der Waals surface area (Å²) < 4.78 is 7.70. The summed E-state index contributed by atoms with van der Waals surface area (Å²) in [7, 11) is 0. The highest BCUT2D eigenvalue weighted by atomic mass is 32.1. The predicted octanol–water partition coefficient (Wildman–Crippen LogP) is 2.51. The fraction of sp³-hybridized carbons (Fsp3) is 0.412. The fourth-order valence-electron chi connectivity index (χ4n) is 3.27. The Morgan fingerprint density at radius 1 is 1.36 bits per heavy atom. The van der Waals surface area contributed by atoms with E-state index in [4.69, 9.17) is 4.52 Å². The molecule has 0 radical (unpaired) electrons. The average molecular weight is 358 g/mol.